The van der Waals surface area contributed by atoms with Crippen LogP contribution in [0.3, 0.4) is 0 Å². The number of carbonyl (C=O) groups excluding carboxylic acids is 2. The van der Waals surface area contributed by atoms with E-state index in [-0.39, 0.29) is 12.6 Å². The highest BCUT2D eigenvalue weighted by atomic mass is 16.2. The van der Waals surface area contributed by atoms with Crippen molar-refractivity contribution < 1.29 is 9.59 Å². The zero-order valence-electron chi connectivity index (χ0n) is 10.2. The largest absolute Gasteiger partial charge is 0.351 e. The van der Waals surface area contributed by atoms with Crippen LogP contribution < -0.4 is 16.4 Å². The Morgan fingerprint density at radius 3 is 2.31 bits per heavy atom. The van der Waals surface area contributed by atoms with Crippen molar-refractivity contribution in [3.63, 3.8) is 0 Å². The highest BCUT2D eigenvalue weighted by Gasteiger charge is 2.09. The number of imide groups is 1. The van der Waals surface area contributed by atoms with E-state index in [1.54, 1.807) is 0 Å². The zero-order valence-corrected chi connectivity index (χ0v) is 10.2. The summed E-state index contributed by atoms with van der Waals surface area (Å²) < 4.78 is 0. The second-order valence-corrected chi connectivity index (χ2v) is 3.68. The van der Waals surface area contributed by atoms with Gasteiger partial charge in [0.1, 0.15) is 0 Å². The fourth-order valence-electron chi connectivity index (χ4n) is 1.38. The highest BCUT2D eigenvalue weighted by Crippen LogP contribution is 1.90. The Morgan fingerprint density at radius 2 is 1.88 bits per heavy atom. The van der Waals surface area contributed by atoms with Crippen molar-refractivity contribution in [2.75, 3.05) is 26.2 Å². The topological polar surface area (TPSA) is 87.5 Å². The third kappa shape index (κ3) is 7.19. The van der Waals surface area contributed by atoms with Gasteiger partial charge in [0.25, 0.3) is 0 Å². The number of urea groups is 1. The Hall–Kier alpha value is -1.14. The number of hydrogen-bond acceptors (Lipinski definition) is 4. The number of rotatable bonds is 7. The molecule has 0 saturated heterocycles. The molecule has 0 aromatic rings. The van der Waals surface area contributed by atoms with Gasteiger partial charge in [-0.2, -0.15) is 0 Å². The van der Waals surface area contributed by atoms with E-state index < -0.39 is 11.9 Å². The van der Waals surface area contributed by atoms with Gasteiger partial charge in [-0.25, -0.2) is 4.79 Å². The Balaban J connectivity index is 3.75. The Bertz CT molecular complexity index is 229. The van der Waals surface area contributed by atoms with Gasteiger partial charge < -0.3 is 16.0 Å². The average Bonchev–Trinajstić information content (AvgIpc) is 2.22. The minimum atomic E-state index is -0.816. The molecule has 0 saturated carbocycles. The van der Waals surface area contributed by atoms with E-state index in [0.717, 1.165) is 19.6 Å². The van der Waals surface area contributed by atoms with Crippen LogP contribution >= 0.6 is 0 Å². The fourth-order valence-corrected chi connectivity index (χ4v) is 1.38. The molecule has 0 aliphatic carbocycles. The number of nitrogens with zero attached hydrogens (tertiary/aromatic N) is 1. The van der Waals surface area contributed by atoms with E-state index in [9.17, 15) is 9.59 Å². The van der Waals surface area contributed by atoms with Gasteiger partial charge in [0.2, 0.25) is 5.91 Å². The number of carbonyl (C=O) groups is 2. The fraction of sp³-hybridized carbons (Fsp3) is 0.800. The lowest BCUT2D eigenvalue weighted by Gasteiger charge is -2.23. The summed E-state index contributed by atoms with van der Waals surface area (Å²) in [5, 5.41) is 5.03. The molecule has 1 atom stereocenters. The molecule has 3 amide bonds. The number of nitrogens with two attached hydrogens (primary N) is 1. The van der Waals surface area contributed by atoms with Gasteiger partial charge in [0.05, 0.1) is 6.54 Å². The van der Waals surface area contributed by atoms with Crippen LogP contribution in [0.15, 0.2) is 0 Å². The molecule has 0 bridgehead atoms. The average molecular weight is 230 g/mol. The summed E-state index contributed by atoms with van der Waals surface area (Å²) in [5.74, 6) is -0.404. The molecule has 1 unspecified atom stereocenters. The first kappa shape index (κ1) is 14.9. The predicted molar refractivity (Wildman–Crippen MR) is 63.0 cm³/mol. The van der Waals surface area contributed by atoms with E-state index in [1.807, 2.05) is 12.2 Å². The first-order valence-corrected chi connectivity index (χ1v) is 5.54. The van der Waals surface area contributed by atoms with E-state index in [0.29, 0.717) is 0 Å². The van der Waals surface area contributed by atoms with Crippen LogP contribution in [0.2, 0.25) is 0 Å². The number of likely N-dealkylation sites (N-methyl/N-ethyl adjacent to an activating group) is 1. The summed E-state index contributed by atoms with van der Waals surface area (Å²) in [4.78, 5) is 23.7. The molecule has 0 rings (SSSR count). The molecular formula is C10H22N4O2. The van der Waals surface area contributed by atoms with Gasteiger partial charge in [-0.15, -0.1) is 0 Å². The summed E-state index contributed by atoms with van der Waals surface area (Å²) in [7, 11) is 0. The van der Waals surface area contributed by atoms with Gasteiger partial charge in [0, 0.05) is 12.6 Å². The number of amides is 3. The third-order valence-electron chi connectivity index (χ3n) is 2.30. The molecule has 0 radical (unpaired) electrons. The molecule has 0 aromatic carbocycles. The molecular weight excluding hydrogens is 208 g/mol. The Labute approximate surface area is 96.5 Å². The molecule has 0 aliphatic rings. The maximum absolute atomic E-state index is 11.1. The molecule has 6 heteroatoms. The lowest BCUT2D eigenvalue weighted by Crippen LogP contribution is -2.45. The summed E-state index contributed by atoms with van der Waals surface area (Å²) >= 11 is 0. The van der Waals surface area contributed by atoms with Crippen molar-refractivity contribution in [2.24, 2.45) is 5.73 Å². The van der Waals surface area contributed by atoms with Gasteiger partial charge >= 0.3 is 6.03 Å². The second-order valence-electron chi connectivity index (χ2n) is 3.68. The van der Waals surface area contributed by atoms with E-state index in [4.69, 9.17) is 5.73 Å². The van der Waals surface area contributed by atoms with Gasteiger partial charge in [-0.1, -0.05) is 13.8 Å². The molecule has 6 nitrogen and oxygen atoms in total. The molecule has 0 fully saturated rings. The highest BCUT2D eigenvalue weighted by molar-refractivity contribution is 5.94. The van der Waals surface area contributed by atoms with Gasteiger partial charge in [-0.3, -0.25) is 10.1 Å². The standard InChI is InChI=1S/C10H22N4O2/c1-4-14(5-2)7-8(3)12-6-9(15)13-10(11)16/h8,12H,4-7H2,1-3H3,(H3,11,13,15,16). The first-order chi connectivity index (χ1) is 7.49. The Kier molecular flexibility index (Phi) is 7.49. The lowest BCUT2D eigenvalue weighted by atomic mass is 10.3. The summed E-state index contributed by atoms with van der Waals surface area (Å²) in [5.41, 5.74) is 4.82. The number of hydrogen-bond donors (Lipinski definition) is 3. The van der Waals surface area contributed by atoms with Crippen LogP contribution in [0.1, 0.15) is 20.8 Å². The minimum absolute atomic E-state index is 0.103. The maximum atomic E-state index is 11.1. The molecule has 4 N–H and O–H groups in total. The molecule has 16 heavy (non-hydrogen) atoms. The van der Waals surface area contributed by atoms with Gasteiger partial charge in [0.15, 0.2) is 0 Å². The van der Waals surface area contributed by atoms with Gasteiger partial charge in [-0.05, 0) is 20.0 Å². The van der Waals surface area contributed by atoms with Crippen molar-refractivity contribution in [2.45, 2.75) is 26.8 Å². The molecule has 0 spiro atoms. The second kappa shape index (κ2) is 8.06. The maximum Gasteiger partial charge on any atom is 0.318 e. The van der Waals surface area contributed by atoms with Crippen molar-refractivity contribution in [3.05, 3.63) is 0 Å². The number of nitrogens with one attached hydrogen (secondary N) is 2. The third-order valence-corrected chi connectivity index (χ3v) is 2.30. The quantitative estimate of drug-likeness (QED) is 0.550. The molecule has 0 heterocycles. The molecule has 0 aliphatic heterocycles. The SMILES string of the molecule is CCN(CC)CC(C)NCC(=O)NC(N)=O. The van der Waals surface area contributed by atoms with Crippen LogP contribution in [0.25, 0.3) is 0 Å². The van der Waals surface area contributed by atoms with Crippen LogP contribution in [-0.4, -0.2) is 49.1 Å². The van der Waals surface area contributed by atoms with Crippen molar-refractivity contribution in [3.8, 4) is 0 Å². The lowest BCUT2D eigenvalue weighted by molar-refractivity contribution is -0.119. The van der Waals surface area contributed by atoms with E-state index in [2.05, 4.69) is 24.1 Å². The molecule has 94 valence electrons. The smallest absolute Gasteiger partial charge is 0.318 e. The van der Waals surface area contributed by atoms with E-state index >= 15 is 0 Å². The molecule has 0 aromatic heterocycles. The van der Waals surface area contributed by atoms with Crippen LogP contribution in [0, 0.1) is 0 Å². The predicted octanol–water partition coefficient (Wildman–Crippen LogP) is -0.499. The Morgan fingerprint density at radius 1 is 1.31 bits per heavy atom. The minimum Gasteiger partial charge on any atom is -0.351 e. The van der Waals surface area contributed by atoms with E-state index in [1.165, 1.54) is 0 Å². The van der Waals surface area contributed by atoms with Crippen molar-refractivity contribution >= 4 is 11.9 Å². The summed E-state index contributed by atoms with van der Waals surface area (Å²) in [6, 6.07) is -0.623. The number of primary amides is 1. The van der Waals surface area contributed by atoms with Crippen LogP contribution in [0.4, 0.5) is 4.79 Å². The summed E-state index contributed by atoms with van der Waals surface area (Å²) in [6.45, 7) is 9.12. The summed E-state index contributed by atoms with van der Waals surface area (Å²) in [6.07, 6.45) is 0. The van der Waals surface area contributed by atoms with Crippen molar-refractivity contribution in [1.82, 2.24) is 15.5 Å². The van der Waals surface area contributed by atoms with Crippen LogP contribution in [-0.2, 0) is 4.79 Å². The monoisotopic (exact) mass is 230 g/mol. The zero-order chi connectivity index (χ0) is 12.6. The normalized spacial score (nSPS) is 12.5. The first-order valence-electron chi connectivity index (χ1n) is 5.54. The van der Waals surface area contributed by atoms with Crippen molar-refractivity contribution in [1.29, 1.82) is 0 Å². The van der Waals surface area contributed by atoms with Crippen LogP contribution in [0.5, 0.6) is 0 Å².